The molecule has 0 aromatic carbocycles. The van der Waals surface area contributed by atoms with E-state index in [2.05, 4.69) is 18.7 Å². The van der Waals surface area contributed by atoms with Crippen LogP contribution in [0.2, 0.25) is 0 Å². The summed E-state index contributed by atoms with van der Waals surface area (Å²) < 4.78 is 0. The van der Waals surface area contributed by atoms with Crippen molar-refractivity contribution in [2.75, 3.05) is 13.1 Å². The van der Waals surface area contributed by atoms with Crippen LogP contribution < -0.4 is 0 Å². The van der Waals surface area contributed by atoms with Gasteiger partial charge in [-0.3, -0.25) is 4.79 Å². The maximum Gasteiger partial charge on any atom is 0.131 e. The minimum Gasteiger partial charge on any atom is -0.300 e. The number of carbonyl (C=O) groups excluding carboxylic acids is 1. The van der Waals surface area contributed by atoms with Crippen LogP contribution in [0.4, 0.5) is 0 Å². The van der Waals surface area contributed by atoms with Gasteiger partial charge in [0.25, 0.3) is 0 Å². The summed E-state index contributed by atoms with van der Waals surface area (Å²) in [4.78, 5) is 13.5. The summed E-state index contributed by atoms with van der Waals surface area (Å²) in [5.41, 5.74) is 0. The molecule has 0 saturated carbocycles. The van der Waals surface area contributed by atoms with E-state index < -0.39 is 0 Å². The number of ketones is 1. The van der Waals surface area contributed by atoms with Crippen LogP contribution in [0.15, 0.2) is 0 Å². The summed E-state index contributed by atoms with van der Waals surface area (Å²) in [7, 11) is 0. The lowest BCUT2D eigenvalue weighted by molar-refractivity contribution is -0.118. The summed E-state index contributed by atoms with van der Waals surface area (Å²) in [5, 5.41) is 0. The van der Waals surface area contributed by atoms with Crippen molar-refractivity contribution >= 4 is 5.78 Å². The minimum atomic E-state index is 0.315. The monoisotopic (exact) mass is 197 g/mol. The smallest absolute Gasteiger partial charge is 0.131 e. The summed E-state index contributed by atoms with van der Waals surface area (Å²) in [5.74, 6) is 1.18. The molecule has 14 heavy (non-hydrogen) atoms. The predicted molar refractivity (Wildman–Crippen MR) is 59.3 cm³/mol. The van der Waals surface area contributed by atoms with Gasteiger partial charge < -0.3 is 4.90 Å². The van der Waals surface area contributed by atoms with Crippen LogP contribution in [0, 0.1) is 5.92 Å². The topological polar surface area (TPSA) is 20.3 Å². The SMILES string of the molecule is CC(=O)CC(C)N1CCCC(C)CC1. The van der Waals surface area contributed by atoms with Crippen molar-refractivity contribution in [3.05, 3.63) is 0 Å². The van der Waals surface area contributed by atoms with Crippen LogP contribution in [0.1, 0.15) is 46.5 Å². The van der Waals surface area contributed by atoms with Crippen LogP contribution in [0.25, 0.3) is 0 Å². The number of hydrogen-bond acceptors (Lipinski definition) is 2. The molecule has 0 amide bonds. The largest absolute Gasteiger partial charge is 0.300 e. The zero-order chi connectivity index (χ0) is 10.6. The number of Topliss-reactive ketones (excluding diaryl/α,β-unsaturated/α-hetero) is 1. The van der Waals surface area contributed by atoms with E-state index in [1.54, 1.807) is 6.92 Å². The Kier molecular flexibility index (Phi) is 4.59. The molecule has 0 aromatic rings. The Balaban J connectivity index is 2.38. The zero-order valence-electron chi connectivity index (χ0n) is 9.75. The number of rotatable bonds is 3. The molecule has 1 aliphatic rings. The second-order valence-corrected chi connectivity index (χ2v) is 4.83. The zero-order valence-corrected chi connectivity index (χ0v) is 9.75. The Labute approximate surface area is 87.7 Å². The Morgan fingerprint density at radius 1 is 1.43 bits per heavy atom. The van der Waals surface area contributed by atoms with Crippen molar-refractivity contribution in [2.45, 2.75) is 52.5 Å². The third-order valence-electron chi connectivity index (χ3n) is 3.26. The number of carbonyl (C=O) groups is 1. The first-order valence-corrected chi connectivity index (χ1v) is 5.83. The molecule has 1 heterocycles. The average molecular weight is 197 g/mol. The predicted octanol–water partition coefficient (Wildman–Crippen LogP) is 2.48. The van der Waals surface area contributed by atoms with Crippen molar-refractivity contribution in [2.24, 2.45) is 5.92 Å². The first kappa shape index (κ1) is 11.7. The van der Waals surface area contributed by atoms with Gasteiger partial charge in [0, 0.05) is 12.5 Å². The molecule has 0 aromatic heterocycles. The number of hydrogen-bond donors (Lipinski definition) is 0. The Hall–Kier alpha value is -0.370. The van der Waals surface area contributed by atoms with Gasteiger partial charge >= 0.3 is 0 Å². The maximum absolute atomic E-state index is 11.0. The van der Waals surface area contributed by atoms with E-state index in [1.807, 2.05) is 0 Å². The van der Waals surface area contributed by atoms with Gasteiger partial charge in [-0.05, 0) is 52.1 Å². The Morgan fingerprint density at radius 3 is 2.79 bits per heavy atom. The van der Waals surface area contributed by atoms with Gasteiger partial charge in [-0.25, -0.2) is 0 Å². The van der Waals surface area contributed by atoms with E-state index in [9.17, 15) is 4.79 Å². The fourth-order valence-electron chi connectivity index (χ4n) is 2.27. The van der Waals surface area contributed by atoms with Crippen LogP contribution in [0.5, 0.6) is 0 Å². The fraction of sp³-hybridized carbons (Fsp3) is 0.917. The molecule has 0 radical (unpaired) electrons. The van der Waals surface area contributed by atoms with E-state index in [0.29, 0.717) is 18.2 Å². The molecular weight excluding hydrogens is 174 g/mol. The van der Waals surface area contributed by atoms with Crippen molar-refractivity contribution in [1.29, 1.82) is 0 Å². The van der Waals surface area contributed by atoms with Gasteiger partial charge in [0.05, 0.1) is 0 Å². The van der Waals surface area contributed by atoms with Crippen LogP contribution >= 0.6 is 0 Å². The molecule has 0 spiro atoms. The Morgan fingerprint density at radius 2 is 2.14 bits per heavy atom. The van der Waals surface area contributed by atoms with Crippen molar-refractivity contribution in [3.8, 4) is 0 Å². The highest BCUT2D eigenvalue weighted by Gasteiger charge is 2.19. The first-order valence-electron chi connectivity index (χ1n) is 5.83. The van der Waals surface area contributed by atoms with E-state index >= 15 is 0 Å². The molecule has 0 bridgehead atoms. The van der Waals surface area contributed by atoms with Gasteiger partial charge in [-0.15, -0.1) is 0 Å². The summed E-state index contributed by atoms with van der Waals surface area (Å²) in [6, 6.07) is 0.442. The molecule has 1 saturated heterocycles. The quantitative estimate of drug-likeness (QED) is 0.692. The molecule has 1 fully saturated rings. The van der Waals surface area contributed by atoms with E-state index in [-0.39, 0.29) is 0 Å². The van der Waals surface area contributed by atoms with Crippen molar-refractivity contribution in [3.63, 3.8) is 0 Å². The van der Waals surface area contributed by atoms with Gasteiger partial charge in [0.15, 0.2) is 0 Å². The highest BCUT2D eigenvalue weighted by atomic mass is 16.1. The molecule has 1 rings (SSSR count). The third kappa shape index (κ3) is 3.79. The Bertz CT molecular complexity index is 191. The second kappa shape index (κ2) is 5.50. The molecule has 82 valence electrons. The third-order valence-corrected chi connectivity index (χ3v) is 3.26. The molecule has 1 aliphatic heterocycles. The normalized spacial score (nSPS) is 26.9. The number of nitrogens with zero attached hydrogens (tertiary/aromatic N) is 1. The van der Waals surface area contributed by atoms with Crippen LogP contribution in [0.3, 0.4) is 0 Å². The minimum absolute atomic E-state index is 0.315. The summed E-state index contributed by atoms with van der Waals surface area (Å²) in [6.07, 6.45) is 4.66. The molecular formula is C12H23NO. The molecule has 2 heteroatoms. The summed E-state index contributed by atoms with van der Waals surface area (Å²) >= 11 is 0. The molecule has 0 N–H and O–H groups in total. The molecule has 2 unspecified atom stereocenters. The van der Waals surface area contributed by atoms with Gasteiger partial charge in [0.2, 0.25) is 0 Å². The highest BCUT2D eigenvalue weighted by molar-refractivity contribution is 5.76. The average Bonchev–Trinajstić information content (AvgIpc) is 2.28. The van der Waals surface area contributed by atoms with Crippen molar-refractivity contribution < 1.29 is 4.79 Å². The maximum atomic E-state index is 11.0. The van der Waals surface area contributed by atoms with E-state index in [4.69, 9.17) is 0 Å². The van der Waals surface area contributed by atoms with Crippen LogP contribution in [-0.4, -0.2) is 29.8 Å². The summed E-state index contributed by atoms with van der Waals surface area (Å²) in [6.45, 7) is 8.56. The van der Waals surface area contributed by atoms with Crippen LogP contribution in [-0.2, 0) is 4.79 Å². The fourth-order valence-corrected chi connectivity index (χ4v) is 2.27. The standard InChI is InChI=1S/C12H23NO/c1-10-5-4-7-13(8-6-10)11(2)9-12(3)14/h10-11H,4-9H2,1-3H3. The molecule has 2 atom stereocenters. The molecule has 0 aliphatic carbocycles. The lowest BCUT2D eigenvalue weighted by Crippen LogP contribution is -2.35. The van der Waals surface area contributed by atoms with E-state index in [1.165, 1.54) is 32.4 Å². The van der Waals surface area contributed by atoms with E-state index in [0.717, 1.165) is 5.92 Å². The lowest BCUT2D eigenvalue weighted by Gasteiger charge is -2.26. The lowest BCUT2D eigenvalue weighted by atomic mass is 10.0. The molecule has 2 nitrogen and oxygen atoms in total. The van der Waals surface area contributed by atoms with Gasteiger partial charge in [-0.2, -0.15) is 0 Å². The highest BCUT2D eigenvalue weighted by Crippen LogP contribution is 2.18. The number of likely N-dealkylation sites (tertiary alicyclic amines) is 1. The second-order valence-electron chi connectivity index (χ2n) is 4.83. The van der Waals surface area contributed by atoms with Crippen molar-refractivity contribution in [1.82, 2.24) is 4.90 Å². The first-order chi connectivity index (χ1) is 6.59. The van der Waals surface area contributed by atoms with Gasteiger partial charge in [0.1, 0.15) is 5.78 Å². The van der Waals surface area contributed by atoms with Gasteiger partial charge in [-0.1, -0.05) is 6.92 Å².